The minimum absolute atomic E-state index is 0.0189. The molecule has 0 saturated carbocycles. The highest BCUT2D eigenvalue weighted by Crippen LogP contribution is 2.05. The van der Waals surface area contributed by atoms with E-state index in [0.717, 1.165) is 5.56 Å². The normalized spacial score (nSPS) is 14.1. The number of aliphatic imine (C=N–C) groups is 1. The summed E-state index contributed by atoms with van der Waals surface area (Å²) in [6.07, 6.45) is 0.395. The number of nitrogens with zero attached hydrogens (tertiary/aromatic N) is 1. The van der Waals surface area contributed by atoms with Gasteiger partial charge < -0.3 is 43.4 Å². The molecule has 0 saturated heterocycles. The fraction of sp³-hybridized carbons (Fsp3) is 0.476. The molecule has 0 fully saturated rings. The smallest absolute Gasteiger partial charge is 0.326 e. The lowest BCUT2D eigenvalue weighted by atomic mass is 10.0. The Morgan fingerprint density at radius 1 is 0.941 bits per heavy atom. The average molecular weight is 480 g/mol. The van der Waals surface area contributed by atoms with Crippen molar-refractivity contribution in [1.29, 1.82) is 0 Å². The highest BCUT2D eigenvalue weighted by molar-refractivity contribution is 5.94. The van der Waals surface area contributed by atoms with Crippen LogP contribution in [0.25, 0.3) is 0 Å². The molecule has 13 nitrogen and oxygen atoms in total. The predicted molar refractivity (Wildman–Crippen MR) is 124 cm³/mol. The van der Waals surface area contributed by atoms with E-state index < -0.39 is 54.5 Å². The SMILES string of the molecule is CC(N)C(=O)NC(Cc1ccccc1)C(=O)NC(CO)C(=O)NC(CCCN=C(N)N)C(=O)O. The number of carbonyl (C=O) groups is 4. The number of benzene rings is 1. The fourth-order valence-corrected chi connectivity index (χ4v) is 2.86. The fourth-order valence-electron chi connectivity index (χ4n) is 2.86. The van der Waals surface area contributed by atoms with E-state index >= 15 is 0 Å². The lowest BCUT2D eigenvalue weighted by Gasteiger charge is -2.24. The number of aliphatic carboxylic acids is 1. The second-order valence-electron chi connectivity index (χ2n) is 7.63. The third-order valence-corrected chi connectivity index (χ3v) is 4.70. The van der Waals surface area contributed by atoms with Crippen LogP contribution < -0.4 is 33.2 Å². The summed E-state index contributed by atoms with van der Waals surface area (Å²) >= 11 is 0. The summed E-state index contributed by atoms with van der Waals surface area (Å²) < 4.78 is 0. The summed E-state index contributed by atoms with van der Waals surface area (Å²) in [4.78, 5) is 52.7. The first-order chi connectivity index (χ1) is 16.0. The highest BCUT2D eigenvalue weighted by atomic mass is 16.4. The molecule has 188 valence electrons. The molecule has 1 rings (SSSR count). The number of hydrogen-bond acceptors (Lipinski definition) is 7. The molecule has 0 spiro atoms. The van der Waals surface area contributed by atoms with Crippen molar-refractivity contribution in [2.24, 2.45) is 22.2 Å². The van der Waals surface area contributed by atoms with E-state index in [-0.39, 0.29) is 31.8 Å². The van der Waals surface area contributed by atoms with Crippen molar-refractivity contribution in [1.82, 2.24) is 16.0 Å². The molecule has 34 heavy (non-hydrogen) atoms. The summed E-state index contributed by atoms with van der Waals surface area (Å²) in [5.41, 5.74) is 16.7. The molecule has 0 heterocycles. The third-order valence-electron chi connectivity index (χ3n) is 4.70. The van der Waals surface area contributed by atoms with E-state index in [0.29, 0.717) is 0 Å². The Morgan fingerprint density at radius 2 is 1.50 bits per heavy atom. The van der Waals surface area contributed by atoms with Gasteiger partial charge >= 0.3 is 5.97 Å². The quantitative estimate of drug-likeness (QED) is 0.0778. The third kappa shape index (κ3) is 10.3. The first-order valence-electron chi connectivity index (χ1n) is 10.6. The van der Waals surface area contributed by atoms with Crippen LogP contribution in [0.15, 0.2) is 35.3 Å². The van der Waals surface area contributed by atoms with E-state index in [9.17, 15) is 29.4 Å². The van der Waals surface area contributed by atoms with Crippen molar-refractivity contribution in [2.75, 3.05) is 13.2 Å². The lowest BCUT2D eigenvalue weighted by Crippen LogP contribution is -2.58. The van der Waals surface area contributed by atoms with Gasteiger partial charge in [0.15, 0.2) is 5.96 Å². The van der Waals surface area contributed by atoms with Crippen LogP contribution >= 0.6 is 0 Å². The molecule has 0 radical (unpaired) electrons. The number of nitrogens with one attached hydrogen (secondary N) is 3. The highest BCUT2D eigenvalue weighted by Gasteiger charge is 2.29. The van der Waals surface area contributed by atoms with Crippen molar-refractivity contribution in [3.63, 3.8) is 0 Å². The van der Waals surface area contributed by atoms with Gasteiger partial charge in [-0.3, -0.25) is 19.4 Å². The molecule has 1 aromatic rings. The minimum Gasteiger partial charge on any atom is -0.480 e. The lowest BCUT2D eigenvalue weighted by molar-refractivity contribution is -0.142. The van der Waals surface area contributed by atoms with E-state index in [1.807, 2.05) is 0 Å². The Kier molecular flexibility index (Phi) is 12.0. The van der Waals surface area contributed by atoms with Crippen molar-refractivity contribution in [3.05, 3.63) is 35.9 Å². The van der Waals surface area contributed by atoms with E-state index in [2.05, 4.69) is 20.9 Å². The Hall–Kier alpha value is -3.71. The van der Waals surface area contributed by atoms with Gasteiger partial charge in [0.25, 0.3) is 0 Å². The number of carbonyl (C=O) groups excluding carboxylic acids is 3. The van der Waals surface area contributed by atoms with Gasteiger partial charge in [-0.05, 0) is 25.3 Å². The molecule has 4 atom stereocenters. The van der Waals surface area contributed by atoms with Crippen LogP contribution in [-0.2, 0) is 25.6 Å². The van der Waals surface area contributed by atoms with Gasteiger partial charge in [0.1, 0.15) is 18.1 Å². The van der Waals surface area contributed by atoms with E-state index in [1.54, 1.807) is 30.3 Å². The predicted octanol–water partition coefficient (Wildman–Crippen LogP) is -2.84. The monoisotopic (exact) mass is 479 g/mol. The number of aliphatic hydroxyl groups excluding tert-OH is 1. The maximum Gasteiger partial charge on any atom is 0.326 e. The van der Waals surface area contributed by atoms with E-state index in [1.165, 1.54) is 6.92 Å². The first-order valence-corrected chi connectivity index (χ1v) is 10.6. The van der Waals surface area contributed by atoms with Crippen molar-refractivity contribution >= 4 is 29.7 Å². The zero-order valence-electron chi connectivity index (χ0n) is 18.9. The Bertz CT molecular complexity index is 858. The number of carboxylic acid groups (broad SMARTS) is 1. The number of rotatable bonds is 14. The summed E-state index contributed by atoms with van der Waals surface area (Å²) in [5, 5.41) is 26.1. The standard InChI is InChI=1S/C21H33N7O6/c1-12(22)17(30)27-15(10-13-6-3-2-4-7-13)18(31)28-16(11-29)19(32)26-14(20(33)34)8-5-9-25-21(23)24/h2-4,6-7,12,14-16,29H,5,8-11,22H2,1H3,(H,26,32)(H,27,30)(H,28,31)(H,33,34)(H4,23,24,25). The van der Waals surface area contributed by atoms with E-state index in [4.69, 9.17) is 17.2 Å². The number of hydrogen-bond donors (Lipinski definition) is 8. The Labute approximate surface area is 197 Å². The van der Waals surface area contributed by atoms with Crippen molar-refractivity contribution in [2.45, 2.75) is 50.4 Å². The van der Waals surface area contributed by atoms with Crippen molar-refractivity contribution in [3.8, 4) is 0 Å². The second kappa shape index (κ2) is 14.4. The van der Waals surface area contributed by atoms with Gasteiger partial charge in [0.05, 0.1) is 12.6 Å². The number of guanidine groups is 1. The molecular weight excluding hydrogens is 446 g/mol. The maximum absolute atomic E-state index is 12.9. The summed E-state index contributed by atoms with van der Waals surface area (Å²) in [6, 6.07) is 4.14. The molecule has 0 aliphatic heterocycles. The molecule has 1 aromatic carbocycles. The minimum atomic E-state index is -1.45. The van der Waals surface area contributed by atoms with Crippen molar-refractivity contribution < 1.29 is 29.4 Å². The molecule has 4 unspecified atom stereocenters. The summed E-state index contributed by atoms with van der Waals surface area (Å²) in [5.74, 6) is -3.66. The van der Waals surface area contributed by atoms with Gasteiger partial charge in [-0.15, -0.1) is 0 Å². The summed E-state index contributed by atoms with van der Waals surface area (Å²) in [6.45, 7) is 0.829. The van der Waals surface area contributed by atoms with Gasteiger partial charge in [0.2, 0.25) is 17.7 Å². The molecular formula is C21H33N7O6. The molecule has 3 amide bonds. The molecule has 0 bridgehead atoms. The Balaban J connectivity index is 2.86. The molecule has 0 aromatic heterocycles. The van der Waals surface area contributed by atoms with Gasteiger partial charge in [-0.1, -0.05) is 30.3 Å². The number of aliphatic hydroxyl groups is 1. The average Bonchev–Trinajstić information content (AvgIpc) is 2.78. The zero-order valence-corrected chi connectivity index (χ0v) is 18.9. The maximum atomic E-state index is 12.9. The number of carboxylic acids is 1. The number of amides is 3. The molecule has 0 aliphatic rings. The second-order valence-corrected chi connectivity index (χ2v) is 7.63. The van der Waals surface area contributed by atoms with Gasteiger partial charge in [-0.2, -0.15) is 0 Å². The van der Waals surface area contributed by atoms with Crippen LogP contribution in [-0.4, -0.2) is 77.2 Å². The molecule has 11 N–H and O–H groups in total. The largest absolute Gasteiger partial charge is 0.480 e. The Morgan fingerprint density at radius 3 is 2.03 bits per heavy atom. The van der Waals surface area contributed by atoms with Crippen LogP contribution in [0.2, 0.25) is 0 Å². The number of nitrogens with two attached hydrogens (primary N) is 3. The topological polar surface area (TPSA) is 235 Å². The first kappa shape index (κ1) is 28.3. The van der Waals surface area contributed by atoms with Gasteiger partial charge in [-0.25, -0.2) is 4.79 Å². The van der Waals surface area contributed by atoms with Crippen LogP contribution in [0, 0.1) is 0 Å². The van der Waals surface area contributed by atoms with Gasteiger partial charge in [0, 0.05) is 13.0 Å². The molecule has 0 aliphatic carbocycles. The van der Waals surface area contributed by atoms with Crippen LogP contribution in [0.3, 0.4) is 0 Å². The summed E-state index contributed by atoms with van der Waals surface area (Å²) in [7, 11) is 0. The molecule has 13 heteroatoms. The van der Waals surface area contributed by atoms with Crippen LogP contribution in [0.5, 0.6) is 0 Å². The zero-order chi connectivity index (χ0) is 25.7. The van der Waals surface area contributed by atoms with Crippen LogP contribution in [0.1, 0.15) is 25.3 Å². The van der Waals surface area contributed by atoms with Crippen LogP contribution in [0.4, 0.5) is 0 Å².